The first-order valence-corrected chi connectivity index (χ1v) is 42.6. The molecule has 121 heavy (non-hydrogen) atoms. The van der Waals surface area contributed by atoms with Gasteiger partial charge in [-0.2, -0.15) is 0 Å². The van der Waals surface area contributed by atoms with Crippen molar-refractivity contribution in [3.8, 4) is 146 Å². The summed E-state index contributed by atoms with van der Waals surface area (Å²) in [6, 6.07) is 138. The highest BCUT2D eigenvalue weighted by Gasteiger charge is 2.28. The third-order valence-corrected chi connectivity index (χ3v) is 26.4. The maximum absolute atomic E-state index is 5.56. The summed E-state index contributed by atoms with van der Waals surface area (Å²) in [4.78, 5) is 32.8. The van der Waals surface area contributed by atoms with Gasteiger partial charge in [0.05, 0.1) is 33.4 Å². The van der Waals surface area contributed by atoms with Crippen molar-refractivity contribution in [3.05, 3.63) is 399 Å². The van der Waals surface area contributed by atoms with Gasteiger partial charge in [0, 0.05) is 95.3 Å². The standard InChI is InChI=1S/C111H72N8S2/c1-67-27-22-38-74(61-67)75-51-56-88-99(66-75)119(97-60-55-78(82-42-23-46-87-84-41-20-21-49-100(84)120-104(82)87)64-93(97)111-116-108(72-34-12-6-13-35-72)113-109(117-111)73-36-14-7-15-37-73)98-48-25-44-85(102(88)98)86-45-26-50-101-103(86)89-47-24-43-83(105(89)121-101)79-54-59-96(92(65-79)110-114-106(70-30-8-4-9-31-70)112-107(115-110)71-32-10-5-11-33-71)118-94-57-52-76(80-39-18-16-28-68(80)2)62-90(94)91-63-77(53-58-95(91)118)81-40-19-17-29-69(81)3/h4-66H,1-3H3. The number of thiophene rings is 2. The lowest BCUT2D eigenvalue weighted by Gasteiger charge is -2.17. The van der Waals surface area contributed by atoms with E-state index < -0.39 is 0 Å². The summed E-state index contributed by atoms with van der Waals surface area (Å²) < 4.78 is 9.76. The molecule has 0 saturated carbocycles. The largest absolute Gasteiger partial charge is 0.308 e. The Morgan fingerprint density at radius 2 is 0.579 bits per heavy atom. The van der Waals surface area contributed by atoms with E-state index in [0.717, 1.165) is 144 Å². The fourth-order valence-corrected chi connectivity index (χ4v) is 20.8. The number of fused-ring (bicyclic) bond motifs is 12. The van der Waals surface area contributed by atoms with Gasteiger partial charge in [-0.1, -0.05) is 315 Å². The molecule has 0 aliphatic heterocycles. The number of benzene rings is 17. The van der Waals surface area contributed by atoms with Crippen molar-refractivity contribution >= 4 is 107 Å². The third-order valence-electron chi connectivity index (χ3n) is 24.0. The summed E-state index contributed by atoms with van der Waals surface area (Å²) in [7, 11) is 0. The van der Waals surface area contributed by atoms with Gasteiger partial charge in [-0.15, -0.1) is 22.7 Å². The zero-order valence-corrected chi connectivity index (χ0v) is 67.9. The van der Waals surface area contributed by atoms with Gasteiger partial charge >= 0.3 is 0 Å². The summed E-state index contributed by atoms with van der Waals surface area (Å²) in [5.74, 6) is 3.49. The van der Waals surface area contributed by atoms with Crippen LogP contribution in [-0.4, -0.2) is 39.0 Å². The van der Waals surface area contributed by atoms with E-state index in [1.165, 1.54) is 68.2 Å². The van der Waals surface area contributed by atoms with Crippen LogP contribution in [0.3, 0.4) is 0 Å². The van der Waals surface area contributed by atoms with Crippen LogP contribution >= 0.6 is 22.7 Å². The summed E-state index contributed by atoms with van der Waals surface area (Å²) in [6.45, 7) is 6.57. The van der Waals surface area contributed by atoms with E-state index >= 15 is 0 Å². The number of nitrogens with zero attached hydrogens (tertiary/aromatic N) is 8. The third kappa shape index (κ3) is 12.2. The Balaban J connectivity index is 0.748. The highest BCUT2D eigenvalue weighted by molar-refractivity contribution is 7.26. The number of aromatic nitrogens is 8. The molecule has 0 unspecified atom stereocenters. The summed E-state index contributed by atoms with van der Waals surface area (Å²) in [6.07, 6.45) is 0. The molecule has 6 aromatic heterocycles. The minimum Gasteiger partial charge on any atom is -0.308 e. The van der Waals surface area contributed by atoms with Crippen LogP contribution in [0.5, 0.6) is 0 Å². The highest BCUT2D eigenvalue weighted by Crippen LogP contribution is 2.51. The first kappa shape index (κ1) is 71.1. The first-order valence-electron chi connectivity index (χ1n) is 41.0. The van der Waals surface area contributed by atoms with Crippen LogP contribution in [0.15, 0.2) is 382 Å². The molecule has 23 aromatic rings. The summed E-state index contributed by atoms with van der Waals surface area (Å²) >= 11 is 3.68. The quantitative estimate of drug-likeness (QED) is 0.108. The van der Waals surface area contributed by atoms with Gasteiger partial charge in [-0.05, 0) is 171 Å². The van der Waals surface area contributed by atoms with Crippen molar-refractivity contribution in [1.82, 2.24) is 39.0 Å². The second kappa shape index (κ2) is 29.2. The first-order chi connectivity index (χ1) is 59.7. The second-order valence-electron chi connectivity index (χ2n) is 31.3. The Morgan fingerprint density at radius 1 is 0.198 bits per heavy atom. The Morgan fingerprint density at radius 3 is 1.12 bits per heavy atom. The van der Waals surface area contributed by atoms with E-state index in [-0.39, 0.29) is 0 Å². The molecule has 0 fully saturated rings. The molecule has 0 aliphatic carbocycles. The molecule has 0 spiro atoms. The van der Waals surface area contributed by atoms with Crippen molar-refractivity contribution < 1.29 is 0 Å². The lowest BCUT2D eigenvalue weighted by Crippen LogP contribution is -2.04. The van der Waals surface area contributed by atoms with Gasteiger partial charge in [0.1, 0.15) is 0 Å². The average Bonchev–Trinajstić information content (AvgIpc) is 1.56. The van der Waals surface area contributed by atoms with Crippen LogP contribution in [0.4, 0.5) is 0 Å². The van der Waals surface area contributed by atoms with Gasteiger partial charge in [0.25, 0.3) is 0 Å². The second-order valence-corrected chi connectivity index (χ2v) is 33.5. The number of hydrogen-bond acceptors (Lipinski definition) is 8. The minimum absolute atomic E-state index is 0.562. The minimum atomic E-state index is 0.562. The summed E-state index contributed by atoms with van der Waals surface area (Å²) in [5, 5.41) is 9.40. The predicted molar refractivity (Wildman–Crippen MR) is 507 cm³/mol. The molecule has 0 amide bonds. The van der Waals surface area contributed by atoms with Gasteiger partial charge in [0.2, 0.25) is 0 Å². The predicted octanol–water partition coefficient (Wildman–Crippen LogP) is 29.9. The van der Waals surface area contributed by atoms with E-state index in [1.54, 1.807) is 0 Å². The van der Waals surface area contributed by atoms with E-state index in [0.29, 0.717) is 34.9 Å². The van der Waals surface area contributed by atoms with Crippen LogP contribution in [-0.2, 0) is 0 Å². The van der Waals surface area contributed by atoms with Crippen LogP contribution in [0.1, 0.15) is 16.7 Å². The molecule has 23 rings (SSSR count). The zero-order chi connectivity index (χ0) is 80.3. The molecule has 0 N–H and O–H groups in total. The molecule has 0 radical (unpaired) electrons. The molecule has 0 aliphatic rings. The van der Waals surface area contributed by atoms with E-state index in [2.05, 4.69) is 339 Å². The van der Waals surface area contributed by atoms with Crippen LogP contribution < -0.4 is 0 Å². The molecule has 6 heterocycles. The molecular weight excluding hydrogens is 1510 g/mol. The van der Waals surface area contributed by atoms with Crippen LogP contribution in [0, 0.1) is 20.8 Å². The summed E-state index contributed by atoms with van der Waals surface area (Å²) in [5.41, 5.74) is 28.7. The molecule has 8 nitrogen and oxygen atoms in total. The maximum atomic E-state index is 5.56. The fraction of sp³-hybridized carbons (Fsp3) is 0.0270. The Bertz CT molecular complexity index is 7900. The monoisotopic (exact) mass is 1580 g/mol. The van der Waals surface area contributed by atoms with Crippen molar-refractivity contribution in [2.24, 2.45) is 0 Å². The van der Waals surface area contributed by atoms with Gasteiger partial charge in [-0.25, -0.2) is 29.9 Å². The Kier molecular flexibility index (Phi) is 17.1. The average molecular weight is 1580 g/mol. The smallest absolute Gasteiger partial charge is 0.166 e. The highest BCUT2D eigenvalue weighted by atomic mass is 32.1. The number of aryl methyl sites for hydroxylation is 3. The molecule has 10 heteroatoms. The molecule has 17 aromatic carbocycles. The normalized spacial score (nSPS) is 11.8. The lowest BCUT2D eigenvalue weighted by molar-refractivity contribution is 1.06. The topological polar surface area (TPSA) is 87.2 Å². The molecule has 0 saturated heterocycles. The Hall–Kier alpha value is -15.2. The van der Waals surface area contributed by atoms with Crippen molar-refractivity contribution in [2.75, 3.05) is 0 Å². The van der Waals surface area contributed by atoms with Crippen molar-refractivity contribution in [1.29, 1.82) is 0 Å². The van der Waals surface area contributed by atoms with Crippen LogP contribution in [0.25, 0.3) is 230 Å². The van der Waals surface area contributed by atoms with Crippen LogP contribution in [0.2, 0.25) is 0 Å². The van der Waals surface area contributed by atoms with E-state index in [1.807, 2.05) is 95.5 Å². The van der Waals surface area contributed by atoms with Gasteiger partial charge in [-0.3, -0.25) is 0 Å². The molecule has 0 bridgehead atoms. The van der Waals surface area contributed by atoms with E-state index in [4.69, 9.17) is 29.9 Å². The SMILES string of the molecule is Cc1cccc(-c2ccc3c4c(-c5cccc6sc7c(-c8ccc(-n9c%10ccc(-c%11ccccc%11C)cc%10c%10cc(-c%11ccccc%11C)ccc%109)c(-c9nc(-c%10ccccc%10)nc(-c%10ccccc%10)n9)c8)cccc7c56)cccc4n(-c4ccc(-c5cccc6c5sc5ccccc56)cc4-c4nc(-c5ccccc5)nc(-c5ccccc5)n4)c3c2)c1. The van der Waals surface area contributed by atoms with E-state index in [9.17, 15) is 0 Å². The fourth-order valence-electron chi connectivity index (χ4n) is 18.3. The van der Waals surface area contributed by atoms with Gasteiger partial charge in [0.15, 0.2) is 34.9 Å². The lowest BCUT2D eigenvalue weighted by atomic mass is 9.93. The zero-order valence-electron chi connectivity index (χ0n) is 66.3. The molecule has 0 atom stereocenters. The van der Waals surface area contributed by atoms with Crippen molar-refractivity contribution in [2.45, 2.75) is 20.8 Å². The molecule has 568 valence electrons. The Labute approximate surface area is 706 Å². The number of rotatable bonds is 14. The van der Waals surface area contributed by atoms with Crippen molar-refractivity contribution in [3.63, 3.8) is 0 Å². The van der Waals surface area contributed by atoms with Gasteiger partial charge < -0.3 is 9.13 Å². The maximum Gasteiger partial charge on any atom is 0.166 e. The number of hydrogen-bond donors (Lipinski definition) is 0. The molecular formula is C111H72N8S2.